The number of benzene rings is 1. The van der Waals surface area contributed by atoms with Gasteiger partial charge in [-0.25, -0.2) is 8.42 Å². The largest absolute Gasteiger partial charge is 0.326 e. The molecule has 0 unspecified atom stereocenters. The van der Waals surface area contributed by atoms with Crippen molar-refractivity contribution in [1.29, 1.82) is 0 Å². The maximum Gasteiger partial charge on any atom is 0.228 e. The molecular weight excluding hydrogens is 214 g/mol. The number of nitrogens with one attached hydrogen (secondary N) is 1. The molecule has 0 aromatic heterocycles. The zero-order valence-corrected chi connectivity index (χ0v) is 8.67. The first-order chi connectivity index (χ1) is 7.03. The number of rotatable bonds is 2. The maximum absolute atomic E-state index is 11.5. The Morgan fingerprint density at radius 1 is 1.40 bits per heavy atom. The van der Waals surface area contributed by atoms with E-state index in [1.165, 1.54) is 12.1 Å². The van der Waals surface area contributed by atoms with E-state index in [2.05, 4.69) is 11.9 Å². The molecule has 0 radical (unpaired) electrons. The quantitative estimate of drug-likeness (QED) is 0.816. The van der Waals surface area contributed by atoms with Crippen LogP contribution in [0.15, 0.2) is 35.1 Å². The van der Waals surface area contributed by atoms with E-state index < -0.39 is 9.84 Å². The van der Waals surface area contributed by atoms with Gasteiger partial charge in [-0.2, -0.15) is 0 Å². The Balaban J connectivity index is 2.53. The Morgan fingerprint density at radius 2 is 2.13 bits per heavy atom. The summed E-state index contributed by atoms with van der Waals surface area (Å²) in [5, 5.41) is 3.54. The number of sulfone groups is 1. The van der Waals surface area contributed by atoms with Gasteiger partial charge < -0.3 is 5.32 Å². The fourth-order valence-corrected chi connectivity index (χ4v) is 2.24. The van der Waals surface area contributed by atoms with Gasteiger partial charge in [-0.15, -0.1) is 0 Å². The molecule has 0 atom stereocenters. The van der Waals surface area contributed by atoms with Crippen molar-refractivity contribution in [3.05, 3.63) is 35.7 Å². The second-order valence-corrected chi connectivity index (χ2v) is 5.15. The zero-order chi connectivity index (χ0) is 11.1. The number of carbonyl (C=O) groups excluding carboxylic acids is 1. The monoisotopic (exact) mass is 223 g/mol. The minimum Gasteiger partial charge on any atom is -0.326 e. The van der Waals surface area contributed by atoms with E-state index in [4.69, 9.17) is 0 Å². The summed E-state index contributed by atoms with van der Waals surface area (Å²) in [4.78, 5) is 11.2. The van der Waals surface area contributed by atoms with Crippen molar-refractivity contribution in [3.8, 4) is 0 Å². The molecule has 0 saturated heterocycles. The average molecular weight is 223 g/mol. The van der Waals surface area contributed by atoms with Crippen molar-refractivity contribution in [1.82, 2.24) is 0 Å². The lowest BCUT2D eigenvalue weighted by Gasteiger charge is -2.01. The third-order valence-electron chi connectivity index (χ3n) is 2.25. The van der Waals surface area contributed by atoms with Crippen molar-refractivity contribution in [2.75, 3.05) is 5.32 Å². The summed E-state index contributed by atoms with van der Waals surface area (Å²) in [5.74, 6) is -0.113. The number of carbonyl (C=O) groups is 1. The van der Waals surface area contributed by atoms with E-state index in [0.717, 1.165) is 5.41 Å². The third kappa shape index (κ3) is 1.66. The van der Waals surface area contributed by atoms with Gasteiger partial charge in [-0.3, -0.25) is 4.79 Å². The molecule has 0 saturated carbocycles. The molecule has 1 amide bonds. The van der Waals surface area contributed by atoms with E-state index in [9.17, 15) is 13.2 Å². The molecule has 1 aliphatic heterocycles. The highest BCUT2D eigenvalue weighted by molar-refractivity contribution is 7.94. The van der Waals surface area contributed by atoms with Crippen LogP contribution in [0.2, 0.25) is 0 Å². The van der Waals surface area contributed by atoms with Crippen molar-refractivity contribution < 1.29 is 13.2 Å². The van der Waals surface area contributed by atoms with Crippen LogP contribution in [-0.4, -0.2) is 14.3 Å². The van der Waals surface area contributed by atoms with Gasteiger partial charge in [0.05, 0.1) is 11.3 Å². The SMILES string of the molecule is C=CS(=O)(=O)c1ccc2c(c1)CC(=O)N2. The summed E-state index contributed by atoms with van der Waals surface area (Å²) in [5.41, 5.74) is 1.39. The van der Waals surface area contributed by atoms with Crippen molar-refractivity contribution in [2.24, 2.45) is 0 Å². The molecule has 15 heavy (non-hydrogen) atoms. The molecule has 1 aromatic carbocycles. The van der Waals surface area contributed by atoms with Gasteiger partial charge in [0, 0.05) is 11.1 Å². The van der Waals surface area contributed by atoms with Gasteiger partial charge >= 0.3 is 0 Å². The van der Waals surface area contributed by atoms with Crippen LogP contribution >= 0.6 is 0 Å². The summed E-state index contributed by atoms with van der Waals surface area (Å²) in [6.45, 7) is 3.25. The molecule has 1 heterocycles. The second-order valence-electron chi connectivity index (χ2n) is 3.26. The Hall–Kier alpha value is -1.62. The highest BCUT2D eigenvalue weighted by atomic mass is 32.2. The molecule has 1 aromatic rings. The van der Waals surface area contributed by atoms with E-state index in [1.54, 1.807) is 6.07 Å². The van der Waals surface area contributed by atoms with E-state index in [0.29, 0.717) is 11.3 Å². The lowest BCUT2D eigenvalue weighted by atomic mass is 10.2. The zero-order valence-electron chi connectivity index (χ0n) is 7.86. The van der Waals surface area contributed by atoms with Gasteiger partial charge in [0.1, 0.15) is 0 Å². The smallest absolute Gasteiger partial charge is 0.228 e. The summed E-state index contributed by atoms with van der Waals surface area (Å²) >= 11 is 0. The summed E-state index contributed by atoms with van der Waals surface area (Å²) in [6, 6.07) is 4.56. The molecule has 2 rings (SSSR count). The van der Waals surface area contributed by atoms with Gasteiger partial charge in [-0.1, -0.05) is 6.58 Å². The predicted molar refractivity (Wildman–Crippen MR) is 56.2 cm³/mol. The van der Waals surface area contributed by atoms with Gasteiger partial charge in [0.15, 0.2) is 9.84 Å². The first-order valence-corrected chi connectivity index (χ1v) is 5.88. The standard InChI is InChI=1S/C10H9NO3S/c1-2-15(13,14)8-3-4-9-7(5-8)6-10(12)11-9/h2-5H,1,6H2,(H,11,12). The Bertz CT molecular complexity index is 546. The molecule has 5 heteroatoms. The minimum absolute atomic E-state index is 0.113. The Morgan fingerprint density at radius 3 is 2.80 bits per heavy atom. The fourth-order valence-electron chi connectivity index (χ4n) is 1.48. The molecule has 4 nitrogen and oxygen atoms in total. The number of amides is 1. The predicted octanol–water partition coefficient (Wildman–Crippen LogP) is 1.10. The van der Waals surface area contributed by atoms with E-state index >= 15 is 0 Å². The molecular formula is C10H9NO3S. The number of fused-ring (bicyclic) bond motifs is 1. The molecule has 1 N–H and O–H groups in total. The number of anilines is 1. The highest BCUT2D eigenvalue weighted by Crippen LogP contribution is 2.26. The second kappa shape index (κ2) is 3.20. The first kappa shape index (κ1) is 9.92. The molecule has 0 fully saturated rings. The fraction of sp³-hybridized carbons (Fsp3) is 0.100. The lowest BCUT2D eigenvalue weighted by molar-refractivity contribution is -0.115. The van der Waals surface area contributed by atoms with Crippen molar-refractivity contribution >= 4 is 21.4 Å². The number of hydrogen-bond donors (Lipinski definition) is 1. The van der Waals surface area contributed by atoms with Crippen LogP contribution in [0.25, 0.3) is 0 Å². The Labute approximate surface area is 87.5 Å². The van der Waals surface area contributed by atoms with Crippen molar-refractivity contribution in [2.45, 2.75) is 11.3 Å². The van der Waals surface area contributed by atoms with Crippen LogP contribution in [0.4, 0.5) is 5.69 Å². The summed E-state index contributed by atoms with van der Waals surface area (Å²) < 4.78 is 22.9. The van der Waals surface area contributed by atoms with Gasteiger partial charge in [-0.05, 0) is 23.8 Å². The topological polar surface area (TPSA) is 63.2 Å². The lowest BCUT2D eigenvalue weighted by Crippen LogP contribution is -2.03. The van der Waals surface area contributed by atoms with Crippen molar-refractivity contribution in [3.63, 3.8) is 0 Å². The minimum atomic E-state index is -3.41. The van der Waals surface area contributed by atoms with Crippen LogP contribution in [0.5, 0.6) is 0 Å². The first-order valence-electron chi connectivity index (χ1n) is 4.33. The Kier molecular flexibility index (Phi) is 2.12. The molecule has 0 spiro atoms. The average Bonchev–Trinajstić information content (AvgIpc) is 2.56. The molecule has 0 aliphatic carbocycles. The number of hydrogen-bond acceptors (Lipinski definition) is 3. The van der Waals surface area contributed by atoms with Crippen LogP contribution in [0, 0.1) is 0 Å². The molecule has 78 valence electrons. The van der Waals surface area contributed by atoms with E-state index in [-0.39, 0.29) is 17.2 Å². The van der Waals surface area contributed by atoms with Crippen LogP contribution < -0.4 is 5.32 Å². The maximum atomic E-state index is 11.5. The van der Waals surface area contributed by atoms with Gasteiger partial charge in [0.2, 0.25) is 5.91 Å². The van der Waals surface area contributed by atoms with Crippen LogP contribution in [-0.2, 0) is 21.1 Å². The van der Waals surface area contributed by atoms with Crippen LogP contribution in [0.3, 0.4) is 0 Å². The summed E-state index contributed by atoms with van der Waals surface area (Å²) in [7, 11) is -3.41. The molecule has 0 bridgehead atoms. The van der Waals surface area contributed by atoms with Gasteiger partial charge in [0.25, 0.3) is 0 Å². The summed E-state index contributed by atoms with van der Waals surface area (Å²) in [6.07, 6.45) is 0.232. The third-order valence-corrected chi connectivity index (χ3v) is 3.60. The normalized spacial score (nSPS) is 14.5. The highest BCUT2D eigenvalue weighted by Gasteiger charge is 2.20. The van der Waals surface area contributed by atoms with Crippen LogP contribution in [0.1, 0.15) is 5.56 Å². The molecule has 1 aliphatic rings. The van der Waals surface area contributed by atoms with E-state index in [1.807, 2.05) is 0 Å².